The van der Waals surface area contributed by atoms with Gasteiger partial charge in [0.15, 0.2) is 5.65 Å². The molecule has 186 valence electrons. The first-order chi connectivity index (χ1) is 16.9. The van der Waals surface area contributed by atoms with Crippen LogP contribution >= 0.6 is 0 Å². The number of carbonyl (C=O) groups excluding carboxylic acids is 1. The van der Waals surface area contributed by atoms with E-state index in [0.717, 1.165) is 31.2 Å². The third-order valence-electron chi connectivity index (χ3n) is 6.98. The minimum atomic E-state index is -0.426. The van der Waals surface area contributed by atoms with Gasteiger partial charge in [0.2, 0.25) is 11.9 Å². The number of nitrogens with one attached hydrogen (secondary N) is 2. The van der Waals surface area contributed by atoms with Crippen LogP contribution in [-0.2, 0) is 0 Å². The Balaban J connectivity index is 1.48. The predicted molar refractivity (Wildman–Crippen MR) is 131 cm³/mol. The maximum absolute atomic E-state index is 14.6. The fourth-order valence-corrected chi connectivity index (χ4v) is 4.98. The zero-order valence-electron chi connectivity index (χ0n) is 19.7. The van der Waals surface area contributed by atoms with Crippen molar-refractivity contribution in [1.82, 2.24) is 24.4 Å². The molecule has 11 heteroatoms. The number of fused-ring (bicyclic) bond motifs is 1. The summed E-state index contributed by atoms with van der Waals surface area (Å²) in [5.74, 6) is 0.621. The Morgan fingerprint density at radius 3 is 2.57 bits per heavy atom. The van der Waals surface area contributed by atoms with Gasteiger partial charge in [-0.3, -0.25) is 4.57 Å². The summed E-state index contributed by atoms with van der Waals surface area (Å²) in [6, 6.07) is 4.78. The number of carbonyl (C=O) groups is 1. The highest BCUT2D eigenvalue weighted by atomic mass is 19.1. The number of aromatic nitrogens is 4. The van der Waals surface area contributed by atoms with Crippen LogP contribution < -0.4 is 16.4 Å². The van der Waals surface area contributed by atoms with Crippen LogP contribution in [-0.4, -0.2) is 60.8 Å². The highest BCUT2D eigenvalue weighted by Crippen LogP contribution is 2.33. The monoisotopic (exact) mass is 482 g/mol. The number of hydrogen-bond donors (Lipinski definition) is 4. The maximum atomic E-state index is 14.6. The molecule has 5 rings (SSSR count). The van der Waals surface area contributed by atoms with E-state index >= 15 is 0 Å². The molecule has 1 saturated heterocycles. The van der Waals surface area contributed by atoms with Gasteiger partial charge in [-0.15, -0.1) is 0 Å². The van der Waals surface area contributed by atoms with Gasteiger partial charge < -0.3 is 26.4 Å². The number of benzene rings is 1. The zero-order chi connectivity index (χ0) is 24.5. The average molecular weight is 483 g/mol. The van der Waals surface area contributed by atoms with Crippen LogP contribution in [0.3, 0.4) is 0 Å². The van der Waals surface area contributed by atoms with Gasteiger partial charge in [0.25, 0.3) is 0 Å². The Morgan fingerprint density at radius 2 is 1.89 bits per heavy atom. The maximum Gasteiger partial charge on any atom is 0.314 e. The van der Waals surface area contributed by atoms with Crippen molar-refractivity contribution in [2.45, 2.75) is 63.6 Å². The van der Waals surface area contributed by atoms with Crippen LogP contribution in [0.1, 0.15) is 50.1 Å². The molecule has 2 amide bonds. The lowest BCUT2D eigenvalue weighted by atomic mass is 9.93. The zero-order valence-corrected chi connectivity index (χ0v) is 19.7. The Kier molecular flexibility index (Phi) is 6.42. The second-order valence-corrected chi connectivity index (χ2v) is 9.52. The van der Waals surface area contributed by atoms with Crippen LogP contribution in [0.5, 0.6) is 0 Å². The standard InChI is InChI=1S/C24H31FN8O2/c1-14-2-7-19(18(25)12-14)29-24-30-20-13-27-23(28-15-3-5-17(34)6-4-15)31-21(20)33(24)16-8-10-32(11-9-16)22(26)35/h2,7,12-13,15-17,34H,3-6,8-11H2,1H3,(H2,26,35)(H,29,30)(H,27,28,31). The summed E-state index contributed by atoms with van der Waals surface area (Å²) in [7, 11) is 0. The number of halogens is 1. The van der Waals surface area contributed by atoms with Crippen LogP contribution in [0, 0.1) is 12.7 Å². The van der Waals surface area contributed by atoms with Crippen molar-refractivity contribution in [2.24, 2.45) is 5.73 Å². The molecule has 0 unspecified atom stereocenters. The van der Waals surface area contributed by atoms with Crippen LogP contribution in [0.4, 0.5) is 26.8 Å². The second-order valence-electron chi connectivity index (χ2n) is 9.52. The first kappa shape index (κ1) is 23.3. The van der Waals surface area contributed by atoms with Crippen molar-refractivity contribution >= 4 is 34.8 Å². The highest BCUT2D eigenvalue weighted by molar-refractivity contribution is 5.77. The molecule has 35 heavy (non-hydrogen) atoms. The molecule has 1 aliphatic carbocycles. The lowest BCUT2D eigenvalue weighted by Crippen LogP contribution is -2.42. The molecule has 1 saturated carbocycles. The molecule has 1 aliphatic heterocycles. The number of amides is 2. The minimum Gasteiger partial charge on any atom is -0.393 e. The number of imidazole rings is 1. The molecule has 0 spiro atoms. The molecule has 3 heterocycles. The van der Waals surface area contributed by atoms with Gasteiger partial charge in [0.05, 0.1) is 18.0 Å². The third-order valence-corrected chi connectivity index (χ3v) is 6.98. The largest absolute Gasteiger partial charge is 0.393 e. The number of nitrogens with zero attached hydrogens (tertiary/aromatic N) is 5. The van der Waals surface area contributed by atoms with Gasteiger partial charge in [-0.05, 0) is 63.1 Å². The predicted octanol–water partition coefficient (Wildman–Crippen LogP) is 3.45. The molecule has 1 aromatic carbocycles. The summed E-state index contributed by atoms with van der Waals surface area (Å²) < 4.78 is 16.6. The van der Waals surface area contributed by atoms with Gasteiger partial charge >= 0.3 is 6.03 Å². The fourth-order valence-electron chi connectivity index (χ4n) is 4.98. The van der Waals surface area contributed by atoms with Gasteiger partial charge in [-0.1, -0.05) is 6.07 Å². The van der Waals surface area contributed by atoms with Crippen LogP contribution in [0.15, 0.2) is 24.4 Å². The van der Waals surface area contributed by atoms with Gasteiger partial charge in [0.1, 0.15) is 11.3 Å². The number of hydrogen-bond acceptors (Lipinski definition) is 7. The van der Waals surface area contributed by atoms with E-state index in [-0.39, 0.29) is 24.0 Å². The molecule has 3 aromatic rings. The number of likely N-dealkylation sites (tertiary alicyclic amines) is 1. The third kappa shape index (κ3) is 5.00. The van der Waals surface area contributed by atoms with Crippen molar-refractivity contribution in [1.29, 1.82) is 0 Å². The van der Waals surface area contributed by atoms with E-state index in [1.165, 1.54) is 6.07 Å². The molecule has 2 aliphatic rings. The number of anilines is 3. The first-order valence-electron chi connectivity index (χ1n) is 12.1. The SMILES string of the molecule is Cc1ccc(Nc2nc3cnc(NC4CCC(O)CC4)nc3n2C2CCN(C(N)=O)CC2)c(F)c1. The normalized spacial score (nSPS) is 21.3. The van der Waals surface area contributed by atoms with Gasteiger partial charge in [-0.2, -0.15) is 4.98 Å². The molecule has 10 nitrogen and oxygen atoms in total. The number of aryl methyl sites for hydroxylation is 1. The summed E-state index contributed by atoms with van der Waals surface area (Å²) in [5.41, 5.74) is 7.87. The summed E-state index contributed by atoms with van der Waals surface area (Å²) in [4.78, 5) is 27.2. The van der Waals surface area contributed by atoms with E-state index in [9.17, 15) is 14.3 Å². The summed E-state index contributed by atoms with van der Waals surface area (Å²) in [5, 5.41) is 16.3. The number of aliphatic hydroxyl groups is 1. The fraction of sp³-hybridized carbons (Fsp3) is 0.500. The minimum absolute atomic E-state index is 0.000753. The summed E-state index contributed by atoms with van der Waals surface area (Å²) in [6.07, 6.45) is 6.01. The smallest absolute Gasteiger partial charge is 0.314 e. The second kappa shape index (κ2) is 9.65. The quantitative estimate of drug-likeness (QED) is 0.438. The van der Waals surface area contributed by atoms with Crippen molar-refractivity contribution in [3.8, 4) is 0 Å². The van der Waals surface area contributed by atoms with E-state index < -0.39 is 6.03 Å². The van der Waals surface area contributed by atoms with Gasteiger partial charge in [-0.25, -0.2) is 19.2 Å². The highest BCUT2D eigenvalue weighted by Gasteiger charge is 2.28. The van der Waals surface area contributed by atoms with Crippen molar-refractivity contribution in [3.05, 3.63) is 35.8 Å². The molecular weight excluding hydrogens is 451 g/mol. The van der Waals surface area contributed by atoms with Crippen LogP contribution in [0.2, 0.25) is 0 Å². The Bertz CT molecular complexity index is 1220. The van der Waals surface area contributed by atoms with Crippen molar-refractivity contribution < 1.29 is 14.3 Å². The summed E-state index contributed by atoms with van der Waals surface area (Å²) >= 11 is 0. The number of urea groups is 1. The summed E-state index contributed by atoms with van der Waals surface area (Å²) in [6.45, 7) is 2.89. The number of nitrogens with two attached hydrogens (primary N) is 1. The van der Waals surface area contributed by atoms with Crippen molar-refractivity contribution in [2.75, 3.05) is 23.7 Å². The Morgan fingerprint density at radius 1 is 1.14 bits per heavy atom. The van der Waals surface area contributed by atoms with E-state index in [0.29, 0.717) is 54.7 Å². The number of piperidine rings is 1. The van der Waals surface area contributed by atoms with E-state index in [2.05, 4.69) is 15.6 Å². The Hall–Kier alpha value is -3.47. The lowest BCUT2D eigenvalue weighted by molar-refractivity contribution is 0.126. The molecule has 0 atom stereocenters. The molecule has 2 aromatic heterocycles. The van der Waals surface area contributed by atoms with E-state index in [1.54, 1.807) is 17.2 Å². The molecule has 0 bridgehead atoms. The number of aliphatic hydroxyl groups excluding tert-OH is 1. The molecular formula is C24H31FN8O2. The topological polar surface area (TPSA) is 134 Å². The molecule has 5 N–H and O–H groups in total. The van der Waals surface area contributed by atoms with Gasteiger partial charge in [0, 0.05) is 25.2 Å². The van der Waals surface area contributed by atoms with E-state index in [1.807, 2.05) is 17.6 Å². The van der Waals surface area contributed by atoms with E-state index in [4.69, 9.17) is 15.7 Å². The Labute approximate surface area is 202 Å². The molecule has 0 radical (unpaired) electrons. The first-order valence-corrected chi connectivity index (χ1v) is 12.1. The van der Waals surface area contributed by atoms with Crippen molar-refractivity contribution in [3.63, 3.8) is 0 Å². The molecule has 2 fully saturated rings. The number of rotatable bonds is 5. The number of primary amides is 1. The lowest BCUT2D eigenvalue weighted by Gasteiger charge is -2.32. The van der Waals surface area contributed by atoms with Crippen LogP contribution in [0.25, 0.3) is 11.2 Å². The average Bonchev–Trinajstić information content (AvgIpc) is 3.19.